The first kappa shape index (κ1) is 61.9. The molecule has 0 saturated carbocycles. The molecule has 10 aromatic carbocycles. The molecule has 3 aliphatic rings. The fraction of sp³-hybridized carbons (Fsp3) is 0.235. The van der Waals surface area contributed by atoms with Gasteiger partial charge in [0.05, 0.1) is 0 Å². The number of benzene rings is 10. The SMILES string of the molecule is [CH2-]c1cc(C(C)(C)C)cc2c1N(c1[c-]cc(C(C)(C)C)c[c-]1)c1c([CH2-])c(C(C)(C)C)cc3c1B2c1ccc(N(c2ccc(-c4ccccc4)cc2)c2ccc(C(C)(C)C)cc2)cc1N3c1ccc(-c2ccc3c(c2)-c2ccccc2C3(C)C)cc1.[Cd+2].[Cd+2]. The van der Waals surface area contributed by atoms with Crippen LogP contribution in [0.25, 0.3) is 33.4 Å². The van der Waals surface area contributed by atoms with Crippen LogP contribution < -0.4 is 31.1 Å². The molecular weight excluding hydrogens is 1250 g/mol. The zero-order valence-electron chi connectivity index (χ0n) is 53.7. The second-order valence-corrected chi connectivity index (χ2v) is 28.8. The average molecular weight is 1330 g/mol. The van der Waals surface area contributed by atoms with E-state index in [9.17, 15) is 0 Å². The summed E-state index contributed by atoms with van der Waals surface area (Å²) in [4.78, 5) is 7.41. The van der Waals surface area contributed by atoms with Crippen molar-refractivity contribution in [2.24, 2.45) is 0 Å². The third-order valence-electron chi connectivity index (χ3n) is 18.5. The van der Waals surface area contributed by atoms with Crippen LogP contribution in [-0.4, -0.2) is 6.71 Å². The molecule has 0 N–H and O–H groups in total. The minimum atomic E-state index is -0.280. The van der Waals surface area contributed by atoms with Gasteiger partial charge in [-0.3, -0.25) is 17.7 Å². The van der Waals surface area contributed by atoms with Gasteiger partial charge in [0.1, 0.15) is 0 Å². The third-order valence-corrected chi connectivity index (χ3v) is 18.5. The van der Waals surface area contributed by atoms with Crippen LogP contribution in [-0.2, 0) is 81.7 Å². The molecule has 0 aromatic heterocycles. The van der Waals surface area contributed by atoms with Crippen molar-refractivity contribution in [1.82, 2.24) is 0 Å². The standard InChI is InChI=1S/C81H78BN3.2Cd/c1-51-46-59(79(9,10)11)48-71-75(51)85(63-41-33-58(34-42-63)78(6,7)8)76-52(2)69(80(12,13)14)50-73-74(76)82(71)70-45-43-64(83(61-39-31-57(32-40-61)77(3,4)5)60-35-26-54(27-36-60)53-22-18-17-19-23-53)49-72(70)84(73)62-37-28-55(29-38-62)56-30-44-68-66(47-56)65-24-20-21-25-67(65)81(68,15)16;;/h17-40,43-50H,1-2H2,3-16H3;;/q-4;2*+2. The van der Waals surface area contributed by atoms with Crippen LogP contribution in [0.1, 0.15) is 141 Å². The molecule has 1 aliphatic carbocycles. The minimum absolute atomic E-state index is 0. The van der Waals surface area contributed by atoms with Crippen LogP contribution in [0.2, 0.25) is 0 Å². The monoisotopic (exact) mass is 1330 g/mol. The van der Waals surface area contributed by atoms with Gasteiger partial charge < -0.3 is 26.8 Å². The summed E-state index contributed by atoms with van der Waals surface area (Å²) in [5.74, 6) is 0. The smallest absolute Gasteiger partial charge is 0.463 e. The van der Waals surface area contributed by atoms with Crippen molar-refractivity contribution in [3.05, 3.63) is 265 Å². The van der Waals surface area contributed by atoms with Crippen LogP contribution in [0.3, 0.4) is 0 Å². The Morgan fingerprint density at radius 3 is 1.60 bits per heavy atom. The molecule has 6 heteroatoms. The van der Waals surface area contributed by atoms with Gasteiger partial charge in [0.25, 0.3) is 0 Å². The predicted molar refractivity (Wildman–Crippen MR) is 365 cm³/mol. The van der Waals surface area contributed by atoms with Gasteiger partial charge in [0, 0.05) is 39.5 Å². The molecule has 0 bridgehead atoms. The second-order valence-electron chi connectivity index (χ2n) is 28.8. The van der Waals surface area contributed by atoms with Crippen LogP contribution >= 0.6 is 0 Å². The van der Waals surface area contributed by atoms with Gasteiger partial charge in [-0.05, 0) is 121 Å². The molecule has 0 amide bonds. The Morgan fingerprint density at radius 2 is 0.977 bits per heavy atom. The topological polar surface area (TPSA) is 9.72 Å². The number of anilines is 9. The van der Waals surface area contributed by atoms with Crippen molar-refractivity contribution in [1.29, 1.82) is 0 Å². The average Bonchev–Trinajstić information content (AvgIpc) is 2.07. The van der Waals surface area contributed by atoms with E-state index in [0.717, 1.165) is 62.3 Å². The Labute approximate surface area is 560 Å². The molecular formula is C81H78BCd2N3. The van der Waals surface area contributed by atoms with Crippen LogP contribution in [0, 0.1) is 26.0 Å². The van der Waals surface area contributed by atoms with Crippen molar-refractivity contribution in [2.75, 3.05) is 14.7 Å². The molecule has 0 spiro atoms. The van der Waals surface area contributed by atoms with Gasteiger partial charge in [-0.15, -0.1) is 16.4 Å². The molecule has 3 nitrogen and oxygen atoms in total. The van der Waals surface area contributed by atoms with Crippen molar-refractivity contribution < 1.29 is 54.6 Å². The van der Waals surface area contributed by atoms with Crippen LogP contribution in [0.5, 0.6) is 0 Å². The maximum Gasteiger partial charge on any atom is 2.00 e. The maximum absolute atomic E-state index is 5.11. The van der Waals surface area contributed by atoms with E-state index in [1.54, 1.807) is 0 Å². The molecule has 2 heterocycles. The zero-order chi connectivity index (χ0) is 59.9. The minimum Gasteiger partial charge on any atom is -0.463 e. The van der Waals surface area contributed by atoms with Crippen molar-refractivity contribution in [2.45, 2.75) is 124 Å². The normalized spacial score (nSPS) is 13.8. The molecule has 0 radical (unpaired) electrons. The van der Waals surface area contributed by atoms with Gasteiger partial charge in [0.15, 0.2) is 0 Å². The molecule has 0 atom stereocenters. The Bertz CT molecular complexity index is 4250. The number of nitrogens with zero attached hydrogens (tertiary/aromatic N) is 3. The molecule has 424 valence electrons. The Hall–Kier alpha value is -6.75. The van der Waals surface area contributed by atoms with E-state index >= 15 is 0 Å². The summed E-state index contributed by atoms with van der Waals surface area (Å²) in [5, 5.41) is 0. The molecule has 0 unspecified atom stereocenters. The van der Waals surface area contributed by atoms with Gasteiger partial charge in [0.2, 0.25) is 6.71 Å². The first-order valence-corrected chi connectivity index (χ1v) is 30.4. The van der Waals surface area contributed by atoms with Gasteiger partial charge >= 0.3 is 54.6 Å². The van der Waals surface area contributed by atoms with E-state index in [4.69, 9.17) is 13.8 Å². The third kappa shape index (κ3) is 10.7. The number of hydrogen-bond donors (Lipinski definition) is 0. The van der Waals surface area contributed by atoms with E-state index in [1.807, 2.05) is 0 Å². The molecule has 2 aliphatic heterocycles. The van der Waals surface area contributed by atoms with E-state index in [2.05, 4.69) is 318 Å². The number of fused-ring (bicyclic) bond motifs is 7. The summed E-state index contributed by atoms with van der Waals surface area (Å²) in [5.41, 5.74) is 29.7. The summed E-state index contributed by atoms with van der Waals surface area (Å²) in [6, 6.07) is 80.7. The van der Waals surface area contributed by atoms with Crippen molar-refractivity contribution in [3.63, 3.8) is 0 Å². The summed E-state index contributed by atoms with van der Waals surface area (Å²) < 4.78 is 0. The Kier molecular flexibility index (Phi) is 15.9. The fourth-order valence-corrected chi connectivity index (χ4v) is 13.7. The first-order chi connectivity index (χ1) is 40.3. The van der Waals surface area contributed by atoms with Crippen molar-refractivity contribution >= 4 is 74.3 Å². The Morgan fingerprint density at radius 1 is 0.437 bits per heavy atom. The van der Waals surface area contributed by atoms with E-state index in [-0.39, 0.29) is 88.4 Å². The molecule has 0 saturated heterocycles. The first-order valence-electron chi connectivity index (χ1n) is 30.4. The van der Waals surface area contributed by atoms with Crippen LogP contribution in [0.15, 0.2) is 194 Å². The maximum atomic E-state index is 5.11. The molecule has 13 rings (SSSR count). The predicted octanol–water partition coefficient (Wildman–Crippen LogP) is 20.0. The van der Waals surface area contributed by atoms with E-state index in [1.165, 1.54) is 83.1 Å². The molecule has 87 heavy (non-hydrogen) atoms. The molecule has 0 fully saturated rings. The zero-order valence-corrected chi connectivity index (χ0v) is 61.8. The van der Waals surface area contributed by atoms with Crippen LogP contribution in [0.4, 0.5) is 51.2 Å². The van der Waals surface area contributed by atoms with Gasteiger partial charge in [-0.2, -0.15) is 31.0 Å². The Balaban J connectivity index is 0.00000392. The second kappa shape index (κ2) is 22.4. The largest absolute Gasteiger partial charge is 2.00 e. The summed E-state index contributed by atoms with van der Waals surface area (Å²) >= 11 is 0. The van der Waals surface area contributed by atoms with E-state index < -0.39 is 0 Å². The van der Waals surface area contributed by atoms with Gasteiger partial charge in [-0.25, -0.2) is 5.69 Å². The fourth-order valence-electron chi connectivity index (χ4n) is 13.7. The summed E-state index contributed by atoms with van der Waals surface area (Å²) in [6.45, 7) is 42.1. The quantitative estimate of drug-likeness (QED) is 0.116. The number of hydrogen-bond acceptors (Lipinski definition) is 3. The molecule has 10 aromatic rings. The summed E-state index contributed by atoms with van der Waals surface area (Å²) in [7, 11) is 0. The van der Waals surface area contributed by atoms with Gasteiger partial charge in [-0.1, -0.05) is 246 Å². The van der Waals surface area contributed by atoms with E-state index in [0.29, 0.717) is 0 Å². The van der Waals surface area contributed by atoms with Crippen molar-refractivity contribution in [3.8, 4) is 33.4 Å². The summed E-state index contributed by atoms with van der Waals surface area (Å²) in [6.07, 6.45) is 0. The number of rotatable bonds is 7.